The molecule has 2 N–H and O–H groups in total. The molecule has 0 spiro atoms. The van der Waals surface area contributed by atoms with Crippen LogP contribution in [0.25, 0.3) is 0 Å². The molecule has 0 aromatic carbocycles. The van der Waals surface area contributed by atoms with Crippen LogP contribution in [-0.4, -0.2) is 41.6 Å². The SMILES string of the molecule is CC1CCC(CN)(N2CCSCC2)C1. The van der Waals surface area contributed by atoms with Crippen molar-refractivity contribution >= 4 is 11.8 Å². The zero-order chi connectivity index (χ0) is 10.0. The first-order valence-corrected chi connectivity index (χ1v) is 6.95. The Kier molecular flexibility index (Phi) is 3.40. The Hall–Kier alpha value is 0.270. The van der Waals surface area contributed by atoms with E-state index in [-0.39, 0.29) is 0 Å². The van der Waals surface area contributed by atoms with E-state index < -0.39 is 0 Å². The second kappa shape index (κ2) is 4.42. The molecule has 1 saturated carbocycles. The first kappa shape index (κ1) is 10.8. The van der Waals surface area contributed by atoms with Gasteiger partial charge in [-0.2, -0.15) is 11.8 Å². The maximum Gasteiger partial charge on any atom is 0.0335 e. The number of thioether (sulfide) groups is 1. The second-order valence-electron chi connectivity index (χ2n) is 4.88. The summed E-state index contributed by atoms with van der Waals surface area (Å²) >= 11 is 2.08. The molecule has 0 aromatic heterocycles. The molecule has 1 aliphatic heterocycles. The molecule has 14 heavy (non-hydrogen) atoms. The maximum absolute atomic E-state index is 6.01. The van der Waals surface area contributed by atoms with Gasteiger partial charge < -0.3 is 5.73 Å². The third-order valence-electron chi connectivity index (χ3n) is 3.89. The van der Waals surface area contributed by atoms with Crippen molar-refractivity contribution in [3.63, 3.8) is 0 Å². The molecule has 0 bridgehead atoms. The fourth-order valence-electron chi connectivity index (χ4n) is 3.01. The molecule has 82 valence electrons. The maximum atomic E-state index is 6.01. The van der Waals surface area contributed by atoms with Crippen LogP contribution in [0.2, 0.25) is 0 Å². The summed E-state index contributed by atoms with van der Waals surface area (Å²) in [4.78, 5) is 2.67. The van der Waals surface area contributed by atoms with Crippen LogP contribution >= 0.6 is 11.8 Å². The number of nitrogens with zero attached hydrogens (tertiary/aromatic N) is 1. The summed E-state index contributed by atoms with van der Waals surface area (Å²) in [5, 5.41) is 0. The van der Waals surface area contributed by atoms with E-state index in [0.29, 0.717) is 5.54 Å². The lowest BCUT2D eigenvalue weighted by Gasteiger charge is -2.43. The molecule has 0 amide bonds. The highest BCUT2D eigenvalue weighted by Crippen LogP contribution is 2.39. The Morgan fingerprint density at radius 3 is 2.64 bits per heavy atom. The molecule has 2 nitrogen and oxygen atoms in total. The highest BCUT2D eigenvalue weighted by Gasteiger charge is 2.41. The zero-order valence-electron chi connectivity index (χ0n) is 9.17. The van der Waals surface area contributed by atoms with Crippen molar-refractivity contribution in [3.8, 4) is 0 Å². The molecule has 1 heterocycles. The van der Waals surface area contributed by atoms with E-state index in [1.807, 2.05) is 0 Å². The molecule has 2 unspecified atom stereocenters. The van der Waals surface area contributed by atoms with Crippen molar-refractivity contribution in [2.45, 2.75) is 31.7 Å². The van der Waals surface area contributed by atoms with E-state index in [2.05, 4.69) is 23.6 Å². The number of nitrogens with two attached hydrogens (primary N) is 1. The minimum Gasteiger partial charge on any atom is -0.329 e. The topological polar surface area (TPSA) is 29.3 Å². The molecule has 1 saturated heterocycles. The quantitative estimate of drug-likeness (QED) is 0.756. The predicted octanol–water partition coefficient (Wildman–Crippen LogP) is 1.55. The van der Waals surface area contributed by atoms with E-state index >= 15 is 0 Å². The van der Waals surface area contributed by atoms with Crippen molar-refractivity contribution < 1.29 is 0 Å². The Bertz CT molecular complexity index is 192. The summed E-state index contributed by atoms with van der Waals surface area (Å²) in [5.41, 5.74) is 6.39. The molecular formula is C11H22N2S. The monoisotopic (exact) mass is 214 g/mol. The summed E-state index contributed by atoms with van der Waals surface area (Å²) < 4.78 is 0. The van der Waals surface area contributed by atoms with Crippen LogP contribution in [0.1, 0.15) is 26.2 Å². The van der Waals surface area contributed by atoms with Gasteiger partial charge in [-0.15, -0.1) is 0 Å². The second-order valence-corrected chi connectivity index (χ2v) is 6.10. The fraction of sp³-hybridized carbons (Fsp3) is 1.00. The number of rotatable bonds is 2. The summed E-state index contributed by atoms with van der Waals surface area (Å²) in [6.07, 6.45) is 4.03. The highest BCUT2D eigenvalue weighted by atomic mass is 32.2. The van der Waals surface area contributed by atoms with Crippen LogP contribution in [0.4, 0.5) is 0 Å². The largest absolute Gasteiger partial charge is 0.329 e. The molecule has 2 aliphatic rings. The molecule has 0 radical (unpaired) electrons. The first-order valence-electron chi connectivity index (χ1n) is 5.80. The molecule has 3 heteroatoms. The van der Waals surface area contributed by atoms with Crippen molar-refractivity contribution in [1.29, 1.82) is 0 Å². The van der Waals surface area contributed by atoms with Crippen molar-refractivity contribution in [2.24, 2.45) is 11.7 Å². The Labute approximate surface area is 91.6 Å². The van der Waals surface area contributed by atoms with Crippen LogP contribution in [-0.2, 0) is 0 Å². The highest BCUT2D eigenvalue weighted by molar-refractivity contribution is 7.99. The lowest BCUT2D eigenvalue weighted by Crippen LogP contribution is -2.55. The van der Waals surface area contributed by atoms with Gasteiger partial charge in [-0.3, -0.25) is 4.90 Å². The van der Waals surface area contributed by atoms with Gasteiger partial charge >= 0.3 is 0 Å². The number of hydrogen-bond acceptors (Lipinski definition) is 3. The standard InChI is InChI=1S/C11H22N2S/c1-10-2-3-11(8-10,9-12)13-4-6-14-7-5-13/h10H,2-9,12H2,1H3. The van der Waals surface area contributed by atoms with Crippen LogP contribution in [0, 0.1) is 5.92 Å². The Balaban J connectivity index is 2.03. The molecule has 2 fully saturated rings. The van der Waals surface area contributed by atoms with Crippen LogP contribution < -0.4 is 5.73 Å². The van der Waals surface area contributed by atoms with Gasteiger partial charge in [0.1, 0.15) is 0 Å². The van der Waals surface area contributed by atoms with Gasteiger partial charge in [0.2, 0.25) is 0 Å². The van der Waals surface area contributed by atoms with Crippen molar-refractivity contribution in [3.05, 3.63) is 0 Å². The number of hydrogen-bond donors (Lipinski definition) is 1. The Morgan fingerprint density at radius 2 is 2.14 bits per heavy atom. The first-order chi connectivity index (χ1) is 6.77. The minimum atomic E-state index is 0.375. The normalized spacial score (nSPS) is 40.3. The zero-order valence-corrected chi connectivity index (χ0v) is 9.98. The van der Waals surface area contributed by atoms with Gasteiger partial charge in [0, 0.05) is 36.7 Å². The van der Waals surface area contributed by atoms with E-state index in [1.165, 1.54) is 43.9 Å². The van der Waals surface area contributed by atoms with E-state index in [9.17, 15) is 0 Å². The summed E-state index contributed by atoms with van der Waals surface area (Å²) in [7, 11) is 0. The summed E-state index contributed by atoms with van der Waals surface area (Å²) in [5.74, 6) is 3.49. The average molecular weight is 214 g/mol. The lowest BCUT2D eigenvalue weighted by atomic mass is 9.94. The lowest BCUT2D eigenvalue weighted by molar-refractivity contribution is 0.108. The van der Waals surface area contributed by atoms with Gasteiger partial charge in [-0.1, -0.05) is 6.92 Å². The van der Waals surface area contributed by atoms with Gasteiger partial charge in [-0.05, 0) is 25.2 Å². The fourth-order valence-corrected chi connectivity index (χ4v) is 3.91. The van der Waals surface area contributed by atoms with Gasteiger partial charge in [0.15, 0.2) is 0 Å². The molecule has 1 aliphatic carbocycles. The third kappa shape index (κ3) is 1.95. The van der Waals surface area contributed by atoms with E-state index in [1.54, 1.807) is 0 Å². The molecule has 2 atom stereocenters. The predicted molar refractivity (Wildman–Crippen MR) is 63.7 cm³/mol. The van der Waals surface area contributed by atoms with Crippen molar-refractivity contribution in [1.82, 2.24) is 4.90 Å². The van der Waals surface area contributed by atoms with Crippen LogP contribution in [0.3, 0.4) is 0 Å². The van der Waals surface area contributed by atoms with Crippen LogP contribution in [0.5, 0.6) is 0 Å². The van der Waals surface area contributed by atoms with E-state index in [4.69, 9.17) is 5.73 Å². The van der Waals surface area contributed by atoms with Crippen molar-refractivity contribution in [2.75, 3.05) is 31.1 Å². The van der Waals surface area contributed by atoms with Crippen LogP contribution in [0.15, 0.2) is 0 Å². The van der Waals surface area contributed by atoms with Gasteiger partial charge in [-0.25, -0.2) is 0 Å². The Morgan fingerprint density at radius 1 is 1.43 bits per heavy atom. The average Bonchev–Trinajstić information content (AvgIpc) is 2.63. The molecular weight excluding hydrogens is 192 g/mol. The summed E-state index contributed by atoms with van der Waals surface area (Å²) in [6.45, 7) is 5.75. The summed E-state index contributed by atoms with van der Waals surface area (Å²) in [6, 6.07) is 0. The molecule has 2 rings (SSSR count). The smallest absolute Gasteiger partial charge is 0.0335 e. The van der Waals surface area contributed by atoms with E-state index in [0.717, 1.165) is 12.5 Å². The molecule has 0 aromatic rings. The minimum absolute atomic E-state index is 0.375. The third-order valence-corrected chi connectivity index (χ3v) is 4.84. The van der Waals surface area contributed by atoms with Gasteiger partial charge in [0.05, 0.1) is 0 Å². The van der Waals surface area contributed by atoms with Gasteiger partial charge in [0.25, 0.3) is 0 Å².